The molecule has 0 fully saturated rings. The Kier molecular flexibility index (Phi) is 6.33. The summed E-state index contributed by atoms with van der Waals surface area (Å²) in [5.74, 6) is 1.63. The molecule has 0 amide bonds. The molecular weight excluding hydrogens is 344 g/mol. The van der Waals surface area contributed by atoms with Crippen molar-refractivity contribution >= 4 is 24.3 Å². The van der Waals surface area contributed by atoms with E-state index in [1.807, 2.05) is 12.1 Å². The lowest BCUT2D eigenvalue weighted by atomic mass is 10.0. The molecule has 0 bridgehead atoms. The van der Waals surface area contributed by atoms with E-state index in [2.05, 4.69) is 86.7 Å². The lowest BCUT2D eigenvalue weighted by molar-refractivity contribution is 0.401. The second kappa shape index (κ2) is 9.09. The van der Waals surface area contributed by atoms with Gasteiger partial charge in [-0.2, -0.15) is 0 Å². The summed E-state index contributed by atoms with van der Waals surface area (Å²) in [6.45, 7) is 4.18. The van der Waals surface area contributed by atoms with Crippen molar-refractivity contribution in [2.45, 2.75) is 13.8 Å². The number of rotatable bonds is 6. The van der Waals surface area contributed by atoms with Crippen LogP contribution >= 0.6 is 0 Å². The largest absolute Gasteiger partial charge is 0.496 e. The average molecular weight is 370 g/mol. The van der Waals surface area contributed by atoms with Crippen LogP contribution in [0.3, 0.4) is 0 Å². The van der Waals surface area contributed by atoms with Crippen molar-refractivity contribution in [3.8, 4) is 11.5 Å². The number of methoxy groups -OCH3 is 2. The van der Waals surface area contributed by atoms with Gasteiger partial charge in [-0.05, 0) is 37.1 Å². The molecule has 2 nitrogen and oxygen atoms in total. The lowest BCUT2D eigenvalue weighted by Gasteiger charge is -2.11. The van der Waals surface area contributed by atoms with Crippen LogP contribution in [0, 0.1) is 13.8 Å². The van der Waals surface area contributed by atoms with Crippen molar-refractivity contribution in [3.05, 3.63) is 94.0 Å². The van der Waals surface area contributed by atoms with Gasteiger partial charge in [-0.3, -0.25) is 0 Å². The molecule has 2 heteroatoms. The Hall–Kier alpha value is -3.26. The molecule has 0 saturated heterocycles. The molecule has 0 N–H and O–H groups in total. The van der Waals surface area contributed by atoms with Gasteiger partial charge in [0.1, 0.15) is 11.5 Å². The van der Waals surface area contributed by atoms with E-state index in [0.29, 0.717) is 0 Å². The van der Waals surface area contributed by atoms with Gasteiger partial charge < -0.3 is 9.47 Å². The van der Waals surface area contributed by atoms with Gasteiger partial charge in [0.15, 0.2) is 0 Å². The molecule has 0 heterocycles. The topological polar surface area (TPSA) is 18.5 Å². The third-order valence-corrected chi connectivity index (χ3v) is 4.65. The lowest BCUT2D eigenvalue weighted by Crippen LogP contribution is -1.93. The standard InChI is InChI=1S/C26H26O2/c1-19-5-9-21(10-6-19)13-15-23-17-26(28-4)24(18-25(23)27-3)16-14-22-11-7-20(2)8-12-22/h5-18H,1-4H3/b15-13+,16-14+. The molecule has 28 heavy (non-hydrogen) atoms. The highest BCUT2D eigenvalue weighted by atomic mass is 16.5. The Labute approximate surface area is 167 Å². The Morgan fingerprint density at radius 1 is 0.536 bits per heavy atom. The fraction of sp³-hybridized carbons (Fsp3) is 0.154. The predicted molar refractivity (Wildman–Crippen MR) is 120 cm³/mol. The van der Waals surface area contributed by atoms with Crippen molar-refractivity contribution < 1.29 is 9.47 Å². The van der Waals surface area contributed by atoms with Gasteiger partial charge in [-0.1, -0.05) is 84.0 Å². The molecular formula is C26H26O2. The summed E-state index contributed by atoms with van der Waals surface area (Å²) in [7, 11) is 3.39. The summed E-state index contributed by atoms with van der Waals surface area (Å²) in [5, 5.41) is 0. The second-order valence-corrected chi connectivity index (χ2v) is 6.82. The summed E-state index contributed by atoms with van der Waals surface area (Å²) in [6, 6.07) is 20.9. The van der Waals surface area contributed by atoms with Gasteiger partial charge in [-0.15, -0.1) is 0 Å². The molecule has 142 valence electrons. The minimum absolute atomic E-state index is 0.813. The Morgan fingerprint density at radius 2 is 0.893 bits per heavy atom. The number of ether oxygens (including phenoxy) is 2. The Balaban J connectivity index is 1.90. The first-order chi connectivity index (χ1) is 13.6. The monoisotopic (exact) mass is 370 g/mol. The molecule has 3 aromatic carbocycles. The van der Waals surface area contributed by atoms with Crippen LogP contribution in [0.15, 0.2) is 60.7 Å². The molecule has 0 aliphatic rings. The van der Waals surface area contributed by atoms with Crippen LogP contribution in [0.2, 0.25) is 0 Å². The molecule has 0 unspecified atom stereocenters. The van der Waals surface area contributed by atoms with Crippen LogP contribution in [-0.2, 0) is 0 Å². The number of aryl methyl sites for hydroxylation is 2. The van der Waals surface area contributed by atoms with E-state index in [9.17, 15) is 0 Å². The van der Waals surface area contributed by atoms with Crippen LogP contribution in [0.1, 0.15) is 33.4 Å². The van der Waals surface area contributed by atoms with Crippen LogP contribution in [0.4, 0.5) is 0 Å². The van der Waals surface area contributed by atoms with E-state index in [4.69, 9.17) is 9.47 Å². The average Bonchev–Trinajstić information content (AvgIpc) is 2.72. The molecule has 0 spiro atoms. The van der Waals surface area contributed by atoms with E-state index in [1.165, 1.54) is 11.1 Å². The fourth-order valence-corrected chi connectivity index (χ4v) is 2.93. The highest BCUT2D eigenvalue weighted by molar-refractivity contribution is 5.78. The number of hydrogen-bond donors (Lipinski definition) is 0. The normalized spacial score (nSPS) is 11.3. The predicted octanol–water partition coefficient (Wildman–Crippen LogP) is 6.66. The molecule has 0 aliphatic heterocycles. The van der Waals surface area contributed by atoms with Crippen LogP contribution < -0.4 is 9.47 Å². The van der Waals surface area contributed by atoms with Gasteiger partial charge in [0.25, 0.3) is 0 Å². The molecule has 0 aromatic heterocycles. The first kappa shape index (κ1) is 19.5. The number of benzene rings is 3. The van der Waals surface area contributed by atoms with Crippen LogP contribution in [0.25, 0.3) is 24.3 Å². The maximum absolute atomic E-state index is 5.62. The van der Waals surface area contributed by atoms with Gasteiger partial charge in [-0.25, -0.2) is 0 Å². The van der Waals surface area contributed by atoms with E-state index in [1.54, 1.807) is 14.2 Å². The van der Waals surface area contributed by atoms with Crippen molar-refractivity contribution in [2.75, 3.05) is 14.2 Å². The fourth-order valence-electron chi connectivity index (χ4n) is 2.93. The first-order valence-electron chi connectivity index (χ1n) is 9.34. The van der Waals surface area contributed by atoms with Crippen molar-refractivity contribution in [1.29, 1.82) is 0 Å². The highest BCUT2D eigenvalue weighted by Gasteiger charge is 2.08. The van der Waals surface area contributed by atoms with Gasteiger partial charge >= 0.3 is 0 Å². The maximum atomic E-state index is 5.62. The zero-order valence-corrected chi connectivity index (χ0v) is 16.9. The van der Waals surface area contributed by atoms with E-state index in [-0.39, 0.29) is 0 Å². The summed E-state index contributed by atoms with van der Waals surface area (Å²) in [6.07, 6.45) is 8.27. The molecule has 0 saturated carbocycles. The molecule has 3 rings (SSSR count). The van der Waals surface area contributed by atoms with Crippen LogP contribution in [-0.4, -0.2) is 14.2 Å². The summed E-state index contributed by atoms with van der Waals surface area (Å²) in [5.41, 5.74) is 6.76. The van der Waals surface area contributed by atoms with Gasteiger partial charge in [0.2, 0.25) is 0 Å². The summed E-state index contributed by atoms with van der Waals surface area (Å²) in [4.78, 5) is 0. The summed E-state index contributed by atoms with van der Waals surface area (Å²) < 4.78 is 11.2. The van der Waals surface area contributed by atoms with E-state index in [0.717, 1.165) is 33.8 Å². The second-order valence-electron chi connectivity index (χ2n) is 6.82. The van der Waals surface area contributed by atoms with Gasteiger partial charge in [0.05, 0.1) is 14.2 Å². The third kappa shape index (κ3) is 4.92. The van der Waals surface area contributed by atoms with Gasteiger partial charge in [0, 0.05) is 11.1 Å². The molecule has 3 aromatic rings. The SMILES string of the molecule is COc1cc(/C=C/c2ccc(C)cc2)c(OC)cc1/C=C/c1ccc(C)cc1. The minimum Gasteiger partial charge on any atom is -0.496 e. The zero-order chi connectivity index (χ0) is 19.9. The third-order valence-electron chi connectivity index (χ3n) is 4.65. The maximum Gasteiger partial charge on any atom is 0.126 e. The molecule has 0 aliphatic carbocycles. The smallest absolute Gasteiger partial charge is 0.126 e. The van der Waals surface area contributed by atoms with E-state index < -0.39 is 0 Å². The van der Waals surface area contributed by atoms with Crippen molar-refractivity contribution in [3.63, 3.8) is 0 Å². The van der Waals surface area contributed by atoms with Crippen LogP contribution in [0.5, 0.6) is 11.5 Å². The highest BCUT2D eigenvalue weighted by Crippen LogP contribution is 2.31. The Morgan fingerprint density at radius 3 is 1.21 bits per heavy atom. The minimum atomic E-state index is 0.813. The van der Waals surface area contributed by atoms with Crippen molar-refractivity contribution in [1.82, 2.24) is 0 Å². The summed E-state index contributed by atoms with van der Waals surface area (Å²) >= 11 is 0. The number of hydrogen-bond acceptors (Lipinski definition) is 2. The zero-order valence-electron chi connectivity index (χ0n) is 16.9. The first-order valence-corrected chi connectivity index (χ1v) is 9.34. The van der Waals surface area contributed by atoms with Crippen molar-refractivity contribution in [2.24, 2.45) is 0 Å². The van der Waals surface area contributed by atoms with E-state index >= 15 is 0 Å². The molecule has 0 radical (unpaired) electrons. The molecule has 0 atom stereocenters. The quantitative estimate of drug-likeness (QED) is 0.452. The Bertz CT molecular complexity index is 895.